The summed E-state index contributed by atoms with van der Waals surface area (Å²) in [5.74, 6) is -0.474. The highest BCUT2D eigenvalue weighted by Crippen LogP contribution is 2.30. The van der Waals surface area contributed by atoms with Gasteiger partial charge in [-0.25, -0.2) is 12.8 Å². The molecule has 19 heavy (non-hydrogen) atoms. The van der Waals surface area contributed by atoms with Gasteiger partial charge in [-0.05, 0) is 43.2 Å². The maximum atomic E-state index is 13.9. The van der Waals surface area contributed by atoms with Crippen LogP contribution in [0.25, 0.3) is 11.1 Å². The standard InChI is InChI=1S/C14H12ClFO2S/c1-9-3-4-10(2)12(7-9)13-8-11(19(15,17)18)5-6-14(13)16/h3-8H,1-2H3. The van der Waals surface area contributed by atoms with Gasteiger partial charge < -0.3 is 0 Å². The minimum Gasteiger partial charge on any atom is -0.207 e. The van der Waals surface area contributed by atoms with Gasteiger partial charge in [0.2, 0.25) is 0 Å². The molecule has 0 atom stereocenters. The zero-order valence-corrected chi connectivity index (χ0v) is 12.0. The van der Waals surface area contributed by atoms with Crippen molar-refractivity contribution in [1.29, 1.82) is 0 Å². The lowest BCUT2D eigenvalue weighted by Crippen LogP contribution is -1.95. The normalized spacial score (nSPS) is 11.6. The fourth-order valence-corrected chi connectivity index (χ4v) is 2.67. The van der Waals surface area contributed by atoms with Crippen molar-refractivity contribution < 1.29 is 12.8 Å². The second kappa shape index (κ2) is 4.94. The van der Waals surface area contributed by atoms with Crippen LogP contribution in [0.1, 0.15) is 11.1 Å². The first-order chi connectivity index (χ1) is 8.79. The molecular formula is C14H12ClFO2S. The van der Waals surface area contributed by atoms with Gasteiger partial charge in [0.15, 0.2) is 0 Å². The Morgan fingerprint density at radius 1 is 1.00 bits per heavy atom. The van der Waals surface area contributed by atoms with Crippen molar-refractivity contribution >= 4 is 19.7 Å². The van der Waals surface area contributed by atoms with Gasteiger partial charge in [0.25, 0.3) is 9.05 Å². The van der Waals surface area contributed by atoms with Gasteiger partial charge in [0, 0.05) is 16.2 Å². The van der Waals surface area contributed by atoms with Crippen LogP contribution in [-0.2, 0) is 9.05 Å². The summed E-state index contributed by atoms with van der Waals surface area (Å²) in [6, 6.07) is 9.14. The van der Waals surface area contributed by atoms with E-state index >= 15 is 0 Å². The molecule has 0 unspecified atom stereocenters. The van der Waals surface area contributed by atoms with Crippen LogP contribution in [-0.4, -0.2) is 8.42 Å². The molecule has 0 aliphatic rings. The van der Waals surface area contributed by atoms with E-state index in [-0.39, 0.29) is 10.5 Å². The Kier molecular flexibility index (Phi) is 3.65. The average Bonchev–Trinajstić information content (AvgIpc) is 2.32. The molecule has 0 radical (unpaired) electrons. The predicted molar refractivity (Wildman–Crippen MR) is 74.3 cm³/mol. The molecule has 0 saturated carbocycles. The summed E-state index contributed by atoms with van der Waals surface area (Å²) in [6.45, 7) is 3.74. The molecule has 2 rings (SSSR count). The van der Waals surface area contributed by atoms with Crippen molar-refractivity contribution in [3.8, 4) is 11.1 Å². The predicted octanol–water partition coefficient (Wildman–Crippen LogP) is 4.04. The highest BCUT2D eigenvalue weighted by Gasteiger charge is 2.15. The first-order valence-corrected chi connectivity index (χ1v) is 7.92. The summed E-state index contributed by atoms with van der Waals surface area (Å²) in [5, 5.41) is 0. The largest absolute Gasteiger partial charge is 0.261 e. The van der Waals surface area contributed by atoms with Crippen LogP contribution in [0, 0.1) is 19.7 Å². The summed E-state index contributed by atoms with van der Waals surface area (Å²) in [5.41, 5.74) is 2.75. The van der Waals surface area contributed by atoms with E-state index in [0.29, 0.717) is 5.56 Å². The van der Waals surface area contributed by atoms with E-state index < -0.39 is 14.9 Å². The molecule has 0 spiro atoms. The number of aryl methyl sites for hydroxylation is 2. The monoisotopic (exact) mass is 298 g/mol. The molecule has 0 N–H and O–H groups in total. The summed E-state index contributed by atoms with van der Waals surface area (Å²) < 4.78 is 36.6. The van der Waals surface area contributed by atoms with Crippen LogP contribution >= 0.6 is 10.7 Å². The van der Waals surface area contributed by atoms with E-state index in [0.717, 1.165) is 23.3 Å². The molecule has 0 saturated heterocycles. The Hall–Kier alpha value is -1.39. The minimum atomic E-state index is -3.87. The van der Waals surface area contributed by atoms with Crippen LogP contribution in [0.15, 0.2) is 41.3 Å². The van der Waals surface area contributed by atoms with Gasteiger partial charge in [-0.15, -0.1) is 0 Å². The Morgan fingerprint density at radius 3 is 2.32 bits per heavy atom. The van der Waals surface area contributed by atoms with E-state index in [1.54, 1.807) is 0 Å². The number of benzene rings is 2. The van der Waals surface area contributed by atoms with E-state index in [4.69, 9.17) is 10.7 Å². The molecule has 0 amide bonds. The van der Waals surface area contributed by atoms with Gasteiger partial charge in [0.1, 0.15) is 5.82 Å². The molecule has 2 aromatic carbocycles. The topological polar surface area (TPSA) is 34.1 Å². The number of rotatable bonds is 2. The quantitative estimate of drug-likeness (QED) is 0.784. The summed E-state index contributed by atoms with van der Waals surface area (Å²) in [7, 11) is 1.42. The number of halogens is 2. The molecule has 0 bridgehead atoms. The van der Waals surface area contributed by atoms with E-state index in [9.17, 15) is 12.8 Å². The van der Waals surface area contributed by atoms with E-state index in [1.807, 2.05) is 32.0 Å². The maximum absolute atomic E-state index is 13.9. The van der Waals surface area contributed by atoms with Crippen molar-refractivity contribution in [3.63, 3.8) is 0 Å². The zero-order valence-electron chi connectivity index (χ0n) is 10.4. The van der Waals surface area contributed by atoms with Crippen LogP contribution in [0.3, 0.4) is 0 Å². The van der Waals surface area contributed by atoms with Crippen molar-refractivity contribution in [2.75, 3.05) is 0 Å². The fourth-order valence-electron chi connectivity index (χ4n) is 1.89. The maximum Gasteiger partial charge on any atom is 0.261 e. The van der Waals surface area contributed by atoms with Crippen LogP contribution in [0.5, 0.6) is 0 Å². The second-order valence-electron chi connectivity index (χ2n) is 4.40. The summed E-state index contributed by atoms with van der Waals surface area (Å²) >= 11 is 0. The van der Waals surface area contributed by atoms with Crippen molar-refractivity contribution in [2.45, 2.75) is 18.7 Å². The molecule has 0 heterocycles. The van der Waals surface area contributed by atoms with Crippen LogP contribution in [0.2, 0.25) is 0 Å². The lowest BCUT2D eigenvalue weighted by atomic mass is 9.98. The third kappa shape index (κ3) is 2.96. The third-order valence-corrected chi connectivity index (χ3v) is 4.25. The molecule has 2 aromatic rings. The van der Waals surface area contributed by atoms with Crippen molar-refractivity contribution in [2.24, 2.45) is 0 Å². The highest BCUT2D eigenvalue weighted by atomic mass is 35.7. The molecule has 2 nitrogen and oxygen atoms in total. The Morgan fingerprint density at radius 2 is 1.68 bits per heavy atom. The molecule has 100 valence electrons. The number of hydrogen-bond acceptors (Lipinski definition) is 2. The Labute approximate surface area is 116 Å². The molecule has 0 aromatic heterocycles. The van der Waals surface area contributed by atoms with Crippen molar-refractivity contribution in [1.82, 2.24) is 0 Å². The van der Waals surface area contributed by atoms with Gasteiger partial charge in [-0.2, -0.15) is 0 Å². The SMILES string of the molecule is Cc1ccc(C)c(-c2cc(S(=O)(=O)Cl)ccc2F)c1. The fraction of sp³-hybridized carbons (Fsp3) is 0.143. The minimum absolute atomic E-state index is 0.105. The molecule has 0 aliphatic carbocycles. The van der Waals surface area contributed by atoms with Crippen LogP contribution < -0.4 is 0 Å². The zero-order chi connectivity index (χ0) is 14.2. The third-order valence-electron chi connectivity index (χ3n) is 2.90. The van der Waals surface area contributed by atoms with Crippen molar-refractivity contribution in [3.05, 3.63) is 53.3 Å². The van der Waals surface area contributed by atoms with Gasteiger partial charge >= 0.3 is 0 Å². The van der Waals surface area contributed by atoms with Gasteiger partial charge in [0.05, 0.1) is 4.90 Å². The summed E-state index contributed by atoms with van der Waals surface area (Å²) in [6.07, 6.45) is 0. The van der Waals surface area contributed by atoms with Gasteiger partial charge in [-0.3, -0.25) is 0 Å². The lowest BCUT2D eigenvalue weighted by molar-refractivity contribution is 0.608. The van der Waals surface area contributed by atoms with Gasteiger partial charge in [-0.1, -0.05) is 23.8 Å². The molecule has 5 heteroatoms. The Bertz CT molecular complexity index is 739. The van der Waals surface area contributed by atoms with E-state index in [2.05, 4.69) is 0 Å². The van der Waals surface area contributed by atoms with E-state index in [1.165, 1.54) is 6.07 Å². The lowest BCUT2D eigenvalue weighted by Gasteiger charge is -2.09. The average molecular weight is 299 g/mol. The number of hydrogen-bond donors (Lipinski definition) is 0. The molecule has 0 fully saturated rings. The highest BCUT2D eigenvalue weighted by molar-refractivity contribution is 8.13. The summed E-state index contributed by atoms with van der Waals surface area (Å²) in [4.78, 5) is -0.105. The first kappa shape index (κ1) is 14.0. The second-order valence-corrected chi connectivity index (χ2v) is 6.96. The van der Waals surface area contributed by atoms with Crippen LogP contribution in [0.4, 0.5) is 4.39 Å². The molecular weight excluding hydrogens is 287 g/mol. The first-order valence-electron chi connectivity index (χ1n) is 5.61. The smallest absolute Gasteiger partial charge is 0.207 e. The molecule has 0 aliphatic heterocycles. The Balaban J connectivity index is 2.71.